The van der Waals surface area contributed by atoms with Gasteiger partial charge in [-0.05, 0) is 18.6 Å². The average molecular weight is 264 g/mol. The zero-order valence-electron chi connectivity index (χ0n) is 8.63. The molecule has 0 aliphatic heterocycles. The lowest BCUT2D eigenvalue weighted by Crippen LogP contribution is -2.09. The van der Waals surface area contributed by atoms with E-state index in [0.717, 1.165) is 12.5 Å². The molecule has 0 aliphatic rings. The van der Waals surface area contributed by atoms with Gasteiger partial charge in [0.25, 0.3) is 0 Å². The second-order valence-electron chi connectivity index (χ2n) is 3.09. The van der Waals surface area contributed by atoms with Crippen molar-refractivity contribution in [2.45, 2.75) is 13.3 Å². The Morgan fingerprint density at radius 1 is 1.56 bits per heavy atom. The first-order valence-electron chi connectivity index (χ1n) is 4.68. The number of aldehydes is 1. The minimum atomic E-state index is -1.27. The van der Waals surface area contributed by atoms with Gasteiger partial charge in [-0.25, -0.2) is 8.60 Å². The Morgan fingerprint density at radius 3 is 2.81 bits per heavy atom. The monoisotopic (exact) mass is 263 g/mol. The lowest BCUT2D eigenvalue weighted by molar-refractivity contribution is 0.112. The number of rotatable bonds is 5. The third-order valence-electron chi connectivity index (χ3n) is 1.86. The van der Waals surface area contributed by atoms with Crippen LogP contribution in [0, 0.1) is 5.82 Å². The van der Waals surface area contributed by atoms with E-state index in [1.54, 1.807) is 0 Å². The molecule has 88 valence electrons. The first-order chi connectivity index (χ1) is 7.60. The predicted molar refractivity (Wildman–Crippen MR) is 63.7 cm³/mol. The van der Waals surface area contributed by atoms with E-state index in [1.807, 2.05) is 6.92 Å². The van der Waals surface area contributed by atoms with Gasteiger partial charge in [0.15, 0.2) is 6.29 Å². The maximum absolute atomic E-state index is 13.1. The molecule has 0 radical (unpaired) electrons. The fourth-order valence-electron chi connectivity index (χ4n) is 1.12. The van der Waals surface area contributed by atoms with Crippen molar-refractivity contribution < 1.29 is 13.4 Å². The van der Waals surface area contributed by atoms with Gasteiger partial charge >= 0.3 is 0 Å². The van der Waals surface area contributed by atoms with E-state index in [-0.39, 0.29) is 10.6 Å². The van der Waals surface area contributed by atoms with Crippen molar-refractivity contribution >= 4 is 34.6 Å². The van der Waals surface area contributed by atoms with Gasteiger partial charge in [0.05, 0.1) is 16.3 Å². The lowest BCUT2D eigenvalue weighted by atomic mass is 10.2. The first-order valence-corrected chi connectivity index (χ1v) is 6.38. The number of hydrogen-bond donors (Lipinski definition) is 1. The van der Waals surface area contributed by atoms with E-state index in [0.29, 0.717) is 17.7 Å². The van der Waals surface area contributed by atoms with Crippen LogP contribution in [0.3, 0.4) is 0 Å². The van der Waals surface area contributed by atoms with E-state index in [2.05, 4.69) is 4.72 Å². The summed E-state index contributed by atoms with van der Waals surface area (Å²) in [5.41, 5.74) is 0.0807. The topological polar surface area (TPSA) is 46.2 Å². The van der Waals surface area contributed by atoms with Crippen LogP contribution in [0.4, 0.5) is 10.1 Å². The van der Waals surface area contributed by atoms with Crippen LogP contribution in [0.1, 0.15) is 23.7 Å². The minimum Gasteiger partial charge on any atom is -0.304 e. The maximum Gasteiger partial charge on any atom is 0.154 e. The molecule has 0 aromatic heterocycles. The zero-order chi connectivity index (χ0) is 12.1. The Kier molecular flexibility index (Phi) is 4.89. The highest BCUT2D eigenvalue weighted by molar-refractivity contribution is 7.86. The number of benzene rings is 1. The molecule has 0 aliphatic carbocycles. The van der Waals surface area contributed by atoms with Crippen LogP contribution in [0.15, 0.2) is 12.1 Å². The smallest absolute Gasteiger partial charge is 0.154 e. The largest absolute Gasteiger partial charge is 0.304 e. The highest BCUT2D eigenvalue weighted by Crippen LogP contribution is 2.27. The second kappa shape index (κ2) is 5.96. The number of carbonyl (C=O) groups is 1. The fourth-order valence-corrected chi connectivity index (χ4v) is 2.30. The molecule has 0 bridgehead atoms. The molecule has 3 nitrogen and oxygen atoms in total. The van der Waals surface area contributed by atoms with Crippen molar-refractivity contribution in [3.05, 3.63) is 28.5 Å². The number of nitrogens with one attached hydrogen (secondary N) is 1. The van der Waals surface area contributed by atoms with Crippen molar-refractivity contribution in [2.75, 3.05) is 10.5 Å². The lowest BCUT2D eigenvalue weighted by Gasteiger charge is -2.08. The molecular weight excluding hydrogens is 253 g/mol. The van der Waals surface area contributed by atoms with Gasteiger partial charge in [-0.3, -0.25) is 4.79 Å². The Bertz CT molecular complexity index is 426. The van der Waals surface area contributed by atoms with Crippen molar-refractivity contribution in [3.8, 4) is 0 Å². The average Bonchev–Trinajstić information content (AvgIpc) is 2.23. The number of halogens is 2. The van der Waals surface area contributed by atoms with E-state index in [4.69, 9.17) is 11.6 Å². The molecule has 1 N–H and O–H groups in total. The van der Waals surface area contributed by atoms with Crippen LogP contribution >= 0.6 is 11.6 Å². The van der Waals surface area contributed by atoms with Gasteiger partial charge in [0, 0.05) is 5.75 Å². The van der Waals surface area contributed by atoms with E-state index in [9.17, 15) is 13.4 Å². The molecule has 1 atom stereocenters. The summed E-state index contributed by atoms with van der Waals surface area (Å²) in [6, 6.07) is 2.47. The predicted octanol–water partition coefficient (Wildman–Crippen LogP) is 2.78. The molecule has 0 amide bonds. The molecule has 16 heavy (non-hydrogen) atoms. The quantitative estimate of drug-likeness (QED) is 0.831. The number of hydrogen-bond acceptors (Lipinski definition) is 2. The molecule has 0 saturated carbocycles. The molecule has 1 aromatic carbocycles. The Hall–Kier alpha value is -0.940. The number of carbonyl (C=O) groups excluding carboxylic acids is 1. The first kappa shape index (κ1) is 13.1. The van der Waals surface area contributed by atoms with Crippen LogP contribution in [-0.2, 0) is 11.0 Å². The normalized spacial score (nSPS) is 12.2. The summed E-state index contributed by atoms with van der Waals surface area (Å²) < 4.78 is 27.1. The number of anilines is 1. The fraction of sp³-hybridized carbons (Fsp3) is 0.300. The molecule has 1 rings (SSSR count). The van der Waals surface area contributed by atoms with Crippen molar-refractivity contribution in [1.29, 1.82) is 0 Å². The van der Waals surface area contributed by atoms with Gasteiger partial charge in [0.1, 0.15) is 16.8 Å². The van der Waals surface area contributed by atoms with Gasteiger partial charge < -0.3 is 4.72 Å². The zero-order valence-corrected chi connectivity index (χ0v) is 10.2. The van der Waals surface area contributed by atoms with Gasteiger partial charge in [-0.1, -0.05) is 18.5 Å². The summed E-state index contributed by atoms with van der Waals surface area (Å²) in [4.78, 5) is 10.6. The molecule has 0 heterocycles. The third kappa shape index (κ3) is 3.02. The molecule has 6 heteroatoms. The third-order valence-corrected chi connectivity index (χ3v) is 3.49. The summed E-state index contributed by atoms with van der Waals surface area (Å²) in [6.45, 7) is 1.89. The SMILES string of the molecule is CCCS(=O)Nc1ccc(F)c(C=O)c1Cl. The van der Waals surface area contributed by atoms with Crippen molar-refractivity contribution in [2.24, 2.45) is 0 Å². The van der Waals surface area contributed by atoms with Crippen LogP contribution in [-0.4, -0.2) is 16.2 Å². The van der Waals surface area contributed by atoms with Crippen LogP contribution in [0.5, 0.6) is 0 Å². The van der Waals surface area contributed by atoms with E-state index in [1.165, 1.54) is 6.07 Å². The Labute approximate surface area is 101 Å². The van der Waals surface area contributed by atoms with Gasteiger partial charge in [-0.15, -0.1) is 0 Å². The van der Waals surface area contributed by atoms with Crippen molar-refractivity contribution in [1.82, 2.24) is 0 Å². The van der Waals surface area contributed by atoms with Crippen LogP contribution in [0.2, 0.25) is 5.02 Å². The molecule has 1 unspecified atom stereocenters. The summed E-state index contributed by atoms with van der Waals surface area (Å²) in [5.74, 6) is -0.226. The van der Waals surface area contributed by atoms with E-state index < -0.39 is 16.8 Å². The standard InChI is InChI=1S/C10H11ClFNO2S/c1-2-5-16(15)13-9-4-3-8(12)7(6-14)10(9)11/h3-4,6,13H,2,5H2,1H3. The molecule has 0 saturated heterocycles. The summed E-state index contributed by atoms with van der Waals surface area (Å²) in [6.07, 6.45) is 1.09. The second-order valence-corrected chi connectivity index (χ2v) is 4.77. The molecule has 0 fully saturated rings. The van der Waals surface area contributed by atoms with Crippen LogP contribution < -0.4 is 4.72 Å². The molecule has 1 aromatic rings. The molecule has 0 spiro atoms. The minimum absolute atomic E-state index is 0.0422. The molecular formula is C10H11ClFNO2S. The highest BCUT2D eigenvalue weighted by atomic mass is 35.5. The van der Waals surface area contributed by atoms with Crippen molar-refractivity contribution in [3.63, 3.8) is 0 Å². The maximum atomic E-state index is 13.1. The van der Waals surface area contributed by atoms with Gasteiger partial charge in [0.2, 0.25) is 0 Å². The van der Waals surface area contributed by atoms with Gasteiger partial charge in [-0.2, -0.15) is 0 Å². The van der Waals surface area contributed by atoms with Crippen LogP contribution in [0.25, 0.3) is 0 Å². The highest BCUT2D eigenvalue weighted by Gasteiger charge is 2.12. The summed E-state index contributed by atoms with van der Waals surface area (Å²) in [7, 11) is -1.27. The Balaban J connectivity index is 2.98. The summed E-state index contributed by atoms with van der Waals surface area (Å²) in [5, 5.41) is -0.0422. The Morgan fingerprint density at radius 2 is 2.25 bits per heavy atom. The summed E-state index contributed by atoms with van der Waals surface area (Å²) >= 11 is 5.79. The van der Waals surface area contributed by atoms with E-state index >= 15 is 0 Å².